The summed E-state index contributed by atoms with van der Waals surface area (Å²) in [4.78, 5) is 0.257. The van der Waals surface area contributed by atoms with Crippen molar-refractivity contribution >= 4 is 26.0 Å². The number of halogens is 1. The van der Waals surface area contributed by atoms with Crippen LogP contribution in [-0.4, -0.2) is 13.0 Å². The van der Waals surface area contributed by atoms with Gasteiger partial charge in [0.05, 0.1) is 11.4 Å². The summed E-state index contributed by atoms with van der Waals surface area (Å²) in [5.74, 6) is 0. The summed E-state index contributed by atoms with van der Waals surface area (Å²) in [6, 6.07) is 10.5. The molecule has 0 saturated carbocycles. The van der Waals surface area contributed by atoms with Crippen molar-refractivity contribution in [3.8, 4) is 0 Å². The molecule has 0 aliphatic rings. The summed E-state index contributed by atoms with van der Waals surface area (Å²) in [7, 11) is -1.57. The van der Waals surface area contributed by atoms with Gasteiger partial charge in [-0.1, -0.05) is 22.0 Å². The Hall–Kier alpha value is -1.11. The van der Waals surface area contributed by atoms with E-state index >= 15 is 0 Å². The summed E-state index contributed by atoms with van der Waals surface area (Å²) in [5.41, 5.74) is 2.02. The fraction of sp³-hybridized carbons (Fsp3) is 0.231. The highest BCUT2D eigenvalue weighted by Gasteiger charge is 2.14. The van der Waals surface area contributed by atoms with Crippen molar-refractivity contribution < 1.29 is 8.42 Å². The molecule has 0 spiro atoms. The lowest BCUT2D eigenvalue weighted by atomic mass is 10.4. The molecule has 1 N–H and O–H groups in total. The molecule has 1 aromatic carbocycles. The average molecular weight is 343 g/mol. The van der Waals surface area contributed by atoms with E-state index in [0.717, 1.165) is 15.9 Å². The fourth-order valence-electron chi connectivity index (χ4n) is 1.73. The van der Waals surface area contributed by atoms with E-state index in [-0.39, 0.29) is 11.4 Å². The van der Waals surface area contributed by atoms with E-state index in [0.29, 0.717) is 0 Å². The molecule has 1 aromatic heterocycles. The third-order valence-corrected chi connectivity index (χ3v) is 4.92. The maximum atomic E-state index is 12.1. The summed E-state index contributed by atoms with van der Waals surface area (Å²) in [6.07, 6.45) is 0. The molecule has 0 atom stereocenters. The maximum Gasteiger partial charge on any atom is 0.240 e. The third-order valence-electron chi connectivity index (χ3n) is 3.03. The van der Waals surface area contributed by atoms with Gasteiger partial charge in [0.15, 0.2) is 0 Å². The minimum atomic E-state index is -3.48. The minimum absolute atomic E-state index is 0.257. The number of nitrogens with zero attached hydrogens (tertiary/aromatic N) is 1. The van der Waals surface area contributed by atoms with Gasteiger partial charge in [0, 0.05) is 22.9 Å². The highest BCUT2D eigenvalue weighted by Crippen LogP contribution is 2.16. The first-order valence-electron chi connectivity index (χ1n) is 5.76. The molecule has 0 radical (unpaired) electrons. The Morgan fingerprint density at radius 1 is 1.26 bits per heavy atom. The monoisotopic (exact) mass is 342 g/mol. The molecule has 19 heavy (non-hydrogen) atoms. The van der Waals surface area contributed by atoms with Crippen LogP contribution >= 0.6 is 15.9 Å². The normalized spacial score (nSPS) is 11.7. The van der Waals surface area contributed by atoms with Crippen LogP contribution < -0.4 is 4.72 Å². The number of hydrogen-bond donors (Lipinski definition) is 1. The molecule has 6 heteroatoms. The Morgan fingerprint density at radius 3 is 2.58 bits per heavy atom. The van der Waals surface area contributed by atoms with E-state index in [1.165, 1.54) is 0 Å². The second-order valence-corrected chi connectivity index (χ2v) is 6.99. The predicted molar refractivity (Wildman–Crippen MR) is 78.3 cm³/mol. The lowest BCUT2D eigenvalue weighted by molar-refractivity contribution is 0.578. The van der Waals surface area contributed by atoms with Gasteiger partial charge in [-0.05, 0) is 37.3 Å². The predicted octanol–water partition coefficient (Wildman–Crippen LogP) is 2.57. The first-order valence-corrected chi connectivity index (χ1v) is 8.04. The van der Waals surface area contributed by atoms with Crippen molar-refractivity contribution in [2.24, 2.45) is 7.05 Å². The van der Waals surface area contributed by atoms with Crippen LogP contribution in [0.2, 0.25) is 0 Å². The summed E-state index contributed by atoms with van der Waals surface area (Å²) < 4.78 is 29.6. The highest BCUT2D eigenvalue weighted by molar-refractivity contribution is 9.10. The van der Waals surface area contributed by atoms with Gasteiger partial charge in [-0.15, -0.1) is 0 Å². The molecular formula is C13H15BrN2O2S. The zero-order valence-corrected chi connectivity index (χ0v) is 13.1. The lowest BCUT2D eigenvalue weighted by Gasteiger charge is -2.08. The van der Waals surface area contributed by atoms with Crippen LogP contribution in [0.3, 0.4) is 0 Å². The van der Waals surface area contributed by atoms with Crippen molar-refractivity contribution in [1.82, 2.24) is 9.29 Å². The van der Waals surface area contributed by atoms with Crippen LogP contribution in [0.5, 0.6) is 0 Å². The highest BCUT2D eigenvalue weighted by atomic mass is 79.9. The van der Waals surface area contributed by atoms with Crippen molar-refractivity contribution in [2.45, 2.75) is 18.4 Å². The number of aromatic nitrogens is 1. The second-order valence-electron chi connectivity index (χ2n) is 4.31. The van der Waals surface area contributed by atoms with Gasteiger partial charge < -0.3 is 4.57 Å². The maximum absolute atomic E-state index is 12.1. The number of nitrogens with one attached hydrogen (secondary N) is 1. The summed E-state index contributed by atoms with van der Waals surface area (Å²) in [6.45, 7) is 2.26. The van der Waals surface area contributed by atoms with Gasteiger partial charge in [0.2, 0.25) is 10.0 Å². The number of benzene rings is 1. The SMILES string of the molecule is Cc1ccc(CNS(=O)(=O)c2cccc(Br)c2)n1C. The Morgan fingerprint density at radius 2 is 2.00 bits per heavy atom. The fourth-order valence-corrected chi connectivity index (χ4v) is 3.33. The Balaban J connectivity index is 2.17. The molecule has 2 aromatic rings. The van der Waals surface area contributed by atoms with Gasteiger partial charge in [-0.25, -0.2) is 13.1 Å². The van der Waals surface area contributed by atoms with E-state index in [1.54, 1.807) is 24.3 Å². The second kappa shape index (κ2) is 5.48. The van der Waals surface area contributed by atoms with Crippen LogP contribution in [-0.2, 0) is 23.6 Å². The zero-order chi connectivity index (χ0) is 14.0. The van der Waals surface area contributed by atoms with Gasteiger partial charge in [-0.2, -0.15) is 0 Å². The number of hydrogen-bond acceptors (Lipinski definition) is 2. The van der Waals surface area contributed by atoms with Crippen molar-refractivity contribution in [2.75, 3.05) is 0 Å². The van der Waals surface area contributed by atoms with Crippen LogP contribution in [0, 0.1) is 6.92 Å². The van der Waals surface area contributed by atoms with Gasteiger partial charge in [0.25, 0.3) is 0 Å². The Kier molecular flexibility index (Phi) is 4.13. The lowest BCUT2D eigenvalue weighted by Crippen LogP contribution is -2.24. The van der Waals surface area contributed by atoms with Crippen LogP contribution in [0.4, 0.5) is 0 Å². The first kappa shape index (κ1) is 14.3. The van der Waals surface area contributed by atoms with Gasteiger partial charge in [0.1, 0.15) is 0 Å². The number of rotatable bonds is 4. The minimum Gasteiger partial charge on any atom is -0.351 e. The van der Waals surface area contributed by atoms with Crippen LogP contribution in [0.25, 0.3) is 0 Å². The molecule has 0 bridgehead atoms. The third kappa shape index (κ3) is 3.26. The van der Waals surface area contributed by atoms with Crippen molar-refractivity contribution in [1.29, 1.82) is 0 Å². The molecular weight excluding hydrogens is 328 g/mol. The molecule has 102 valence electrons. The van der Waals surface area contributed by atoms with E-state index < -0.39 is 10.0 Å². The summed E-state index contributed by atoms with van der Waals surface area (Å²) in [5, 5.41) is 0. The zero-order valence-electron chi connectivity index (χ0n) is 10.7. The molecule has 0 amide bonds. The molecule has 0 aliphatic heterocycles. The van der Waals surface area contributed by atoms with Crippen LogP contribution in [0.15, 0.2) is 45.8 Å². The van der Waals surface area contributed by atoms with Crippen molar-refractivity contribution in [3.05, 3.63) is 52.3 Å². The van der Waals surface area contributed by atoms with Gasteiger partial charge >= 0.3 is 0 Å². The van der Waals surface area contributed by atoms with E-state index in [2.05, 4.69) is 20.7 Å². The van der Waals surface area contributed by atoms with Gasteiger partial charge in [-0.3, -0.25) is 0 Å². The molecule has 0 unspecified atom stereocenters. The molecule has 1 heterocycles. The van der Waals surface area contributed by atoms with Crippen molar-refractivity contribution in [3.63, 3.8) is 0 Å². The largest absolute Gasteiger partial charge is 0.351 e. The molecule has 2 rings (SSSR count). The first-order chi connectivity index (χ1) is 8.90. The number of aryl methyl sites for hydroxylation is 1. The molecule has 0 fully saturated rings. The Bertz CT molecular complexity index is 692. The van der Waals surface area contributed by atoms with Crippen LogP contribution in [0.1, 0.15) is 11.4 Å². The molecule has 0 saturated heterocycles. The smallest absolute Gasteiger partial charge is 0.240 e. The molecule has 0 aliphatic carbocycles. The number of sulfonamides is 1. The average Bonchev–Trinajstić information content (AvgIpc) is 2.68. The topological polar surface area (TPSA) is 51.1 Å². The standard InChI is InChI=1S/C13H15BrN2O2S/c1-10-6-7-12(16(10)2)9-15-19(17,18)13-5-3-4-11(14)8-13/h3-8,15H,9H2,1-2H3. The van der Waals surface area contributed by atoms with E-state index in [4.69, 9.17) is 0 Å². The van der Waals surface area contributed by atoms with E-state index in [9.17, 15) is 8.42 Å². The Labute approximate surface area is 121 Å². The van der Waals surface area contributed by atoms with E-state index in [1.807, 2.05) is 30.7 Å². The quantitative estimate of drug-likeness (QED) is 0.928. The summed E-state index contributed by atoms with van der Waals surface area (Å²) >= 11 is 3.27. The molecule has 4 nitrogen and oxygen atoms in total.